The molecule has 29 rings (SSSR count). The molecule has 1 N–H and O–H groups in total. The Hall–Kier alpha value is -15.8. The van der Waals surface area contributed by atoms with Crippen LogP contribution in [0.15, 0.2) is 449 Å². The molecular weight excluding hydrogens is 2040 g/mol. The maximum atomic E-state index is 10.0. The van der Waals surface area contributed by atoms with Gasteiger partial charge in [-0.15, -0.1) is 95.6 Å². The molecule has 10 aromatic heterocycles. The van der Waals surface area contributed by atoms with Gasteiger partial charge in [0.2, 0.25) is 6.67 Å². The van der Waals surface area contributed by atoms with Crippen LogP contribution in [0, 0.1) is 18.2 Å². The molecule has 15 heterocycles. The molecule has 2 radical (unpaired) electrons. The fourth-order valence-electron chi connectivity index (χ4n) is 19.4. The third-order valence-electron chi connectivity index (χ3n) is 25.0. The van der Waals surface area contributed by atoms with Gasteiger partial charge in [0.05, 0.1) is 45.1 Å². The van der Waals surface area contributed by atoms with Gasteiger partial charge in [-0.2, -0.15) is 29.3 Å². The van der Waals surface area contributed by atoms with Crippen LogP contribution in [0.25, 0.3) is 165 Å². The summed E-state index contributed by atoms with van der Waals surface area (Å²) in [4.78, 5) is 25.8. The Morgan fingerprint density at radius 2 is 1.02 bits per heavy atom. The minimum Gasteiger partial charge on any atom is -0.512 e. The van der Waals surface area contributed by atoms with Crippen LogP contribution in [0.2, 0.25) is 0 Å². The summed E-state index contributed by atoms with van der Waals surface area (Å²) in [5.41, 5.74) is 28.2. The van der Waals surface area contributed by atoms with Crippen molar-refractivity contribution in [2.75, 3.05) is 0 Å². The maximum Gasteiger partial charge on any atom is 0.401 e. The molecule has 136 heavy (non-hydrogen) atoms. The predicted molar refractivity (Wildman–Crippen MR) is 543 cm³/mol. The topological polar surface area (TPSA) is 113 Å². The zero-order valence-electron chi connectivity index (χ0n) is 74.3. The van der Waals surface area contributed by atoms with E-state index in [1.807, 2.05) is 145 Å². The van der Waals surface area contributed by atoms with Crippen molar-refractivity contribution in [3.8, 4) is 56.7 Å². The zero-order valence-corrected chi connectivity index (χ0v) is 80.0. The Balaban J connectivity index is 0.0000000975. The predicted octanol–water partition coefficient (Wildman–Crippen LogP) is 23.9. The number of rotatable bonds is 6. The van der Waals surface area contributed by atoms with Crippen molar-refractivity contribution in [1.82, 2.24) is 37.7 Å². The monoisotopic (exact) mass is 2130 g/mol. The number of imidazole rings is 4. The number of hydrogen-bond acceptors (Lipinski definition) is 7. The first-order valence-corrected chi connectivity index (χ1v) is 45.9. The Bertz CT molecular complexity index is 8620. The summed E-state index contributed by atoms with van der Waals surface area (Å²) in [6.07, 6.45) is 15.5. The molecule has 0 aliphatic carbocycles. The molecule has 5 aliphatic rings. The largest absolute Gasteiger partial charge is 0.512 e. The summed E-state index contributed by atoms with van der Waals surface area (Å²) < 4.78 is 21.5. The van der Waals surface area contributed by atoms with Crippen LogP contribution < -0.4 is 23.9 Å². The number of benzene rings is 14. The number of pyridine rings is 5. The van der Waals surface area contributed by atoms with Crippen LogP contribution in [0.4, 0.5) is 0 Å². The van der Waals surface area contributed by atoms with Crippen molar-refractivity contribution in [3.63, 3.8) is 0 Å². The Morgan fingerprint density at radius 1 is 0.449 bits per heavy atom. The number of thiophene rings is 1. The van der Waals surface area contributed by atoms with Crippen LogP contribution in [-0.2, 0) is 71.3 Å². The van der Waals surface area contributed by atoms with Gasteiger partial charge in [0.25, 0.3) is 17.1 Å². The molecule has 0 amide bonds. The summed E-state index contributed by atoms with van der Waals surface area (Å²) >= 11 is 1.81. The minimum absolute atomic E-state index is 0. The number of hydrogen-bond donors (Lipinski definition) is 1. The average Bonchev–Trinajstić information content (AvgIpc) is 1.53. The number of fused-ring (bicyclic) bond motifs is 21. The van der Waals surface area contributed by atoms with E-state index in [0.717, 1.165) is 76.9 Å². The smallest absolute Gasteiger partial charge is 0.401 e. The van der Waals surface area contributed by atoms with Crippen LogP contribution >= 0.6 is 11.3 Å². The van der Waals surface area contributed by atoms with Crippen molar-refractivity contribution < 1.29 is 68.4 Å². The van der Waals surface area contributed by atoms with Gasteiger partial charge in [0, 0.05) is 103 Å². The van der Waals surface area contributed by atoms with E-state index in [0.29, 0.717) is 6.85 Å². The molecule has 0 atom stereocenters. The summed E-state index contributed by atoms with van der Waals surface area (Å²) in [7, 11) is 0. The van der Waals surface area contributed by atoms with E-state index < -0.39 is 0 Å². The van der Waals surface area contributed by atoms with Crippen LogP contribution in [0.3, 0.4) is 0 Å². The van der Waals surface area contributed by atoms with Crippen molar-refractivity contribution in [3.05, 3.63) is 484 Å². The quantitative estimate of drug-likeness (QED) is 0.0443. The van der Waals surface area contributed by atoms with Gasteiger partial charge in [-0.05, 0) is 168 Å². The van der Waals surface area contributed by atoms with Crippen LogP contribution in [0.5, 0.6) is 0 Å². The molecule has 0 bridgehead atoms. The first-order chi connectivity index (χ1) is 66.2. The van der Waals surface area contributed by atoms with Gasteiger partial charge < -0.3 is 24.5 Å². The number of carbonyl (C=O) groups excluding carboxylic acids is 1. The molecule has 5 aliphatic heterocycles. The molecule has 14 nitrogen and oxygen atoms in total. The summed E-state index contributed by atoms with van der Waals surface area (Å²) in [6.45, 7) is 7.19. The van der Waals surface area contributed by atoms with Gasteiger partial charge in [-0.3, -0.25) is 9.78 Å². The number of allylic oxidation sites excluding steroid dienone is 4. The molecule has 18 heteroatoms. The Morgan fingerprint density at radius 3 is 1.74 bits per heavy atom. The summed E-state index contributed by atoms with van der Waals surface area (Å²) in [5.74, 6) is 4.37. The Labute approximate surface area is 818 Å². The zero-order chi connectivity index (χ0) is 90.0. The standard InChI is InChI=1S/C20H13N2.C20H15N2.C19H13N2.C17H10NS.C16H11N2.C11H8N.C10H10BN2.C5H8O2.2Ir/c1-2-9-16-14(7-1)15-8-5-6-13-12-21-17-10-3-4-11-18(17)22(16)20(21)19(13)15;1-2-9-16(10-3-1)22-19-13-7-6-12-18(19)21-14-15-8-4-5-11-17(15)20(21)22;1-3-9-15(10-4-1)19-20-17-13-7-8-14-18(17)21(19)16-11-5-2-6-12-16;1-2-10-16-12(6-1)13-7-5-8-14(17(13)19-16)15-9-3-4-11-18-15;1-2-7-14-13(6-1)17-9-8-11-4-3-5-12-10-18(14)16(17)15(11)12;1-2-6-10(7-3-1)11-8-4-5-9-12-11;1-3-7-12-9-13-8-4-2-6-11(13)10(12)5-1;1-4(6)3-5(2)7;;/h1-11H,12H2;1-13H,14H2;1-9,11-14H;1-7,9-11H;1-9H,10H2;1-6,8-9H;1-8H,9H2;3,6H,1-2H3;;/q2*+1;2*-1;+1;-1;+1;;;. The summed E-state index contributed by atoms with van der Waals surface area (Å²) in [6, 6.07) is 144. The van der Waals surface area contributed by atoms with Crippen molar-refractivity contribution in [1.29, 1.82) is 0 Å². The number of aliphatic hydroxyl groups is 1. The SMILES string of the molecule is C1=CB2c3cccc[n+]3CN2C=C1.CC(=O)C=C(C)O.[Ir].[Ir].[c-]1ccc2c(sc3ccccc32)c1-c1ccccn1.[c-]1ccccc1-c1ccccn1.[c-]1ccccc1-c1nc2ccccc2n1-c1ccccc1.c1cc2c3c(c1)c1ccccc1n1c4ccccc4[n+](c31)C2.c1cc2c3c(c1)ccn1c4ccccc4[n+](c31)C2.c1ccc(-n2c3[n+](c4ccccc42)Cc2ccccc2-3)cc1. The normalized spacial score (nSPS) is 12.3. The molecule has 0 unspecified atom stereocenters. The third kappa shape index (κ3) is 16.9. The average molecular weight is 2130 g/mol. The van der Waals surface area contributed by atoms with E-state index in [4.69, 9.17) is 10.1 Å². The van der Waals surface area contributed by atoms with Crippen molar-refractivity contribution in [2.24, 2.45) is 0 Å². The summed E-state index contributed by atoms with van der Waals surface area (Å²) in [5, 5.41) is 17.8. The number of carbonyl (C=O) groups is 1. The number of aliphatic hydroxyl groups excluding tert-OH is 1. The fourth-order valence-corrected chi connectivity index (χ4v) is 20.6. The van der Waals surface area contributed by atoms with Crippen LogP contribution in [0.1, 0.15) is 30.5 Å². The molecule has 14 aromatic carbocycles. The first-order valence-electron chi connectivity index (χ1n) is 45.0. The van der Waals surface area contributed by atoms with Gasteiger partial charge in [-0.1, -0.05) is 224 Å². The molecule has 0 fully saturated rings. The number of ketones is 1. The maximum absolute atomic E-state index is 10.0. The van der Waals surface area contributed by atoms with Gasteiger partial charge >= 0.3 is 6.85 Å². The Kier molecular flexibility index (Phi) is 25.4. The first kappa shape index (κ1) is 88.2. The third-order valence-corrected chi connectivity index (χ3v) is 26.2. The van der Waals surface area contributed by atoms with E-state index in [1.165, 1.54) is 156 Å². The number of para-hydroxylation sites is 11. The van der Waals surface area contributed by atoms with Gasteiger partial charge in [0.15, 0.2) is 50.7 Å². The van der Waals surface area contributed by atoms with E-state index in [1.54, 1.807) is 6.20 Å². The van der Waals surface area contributed by atoms with E-state index in [2.05, 4.69) is 367 Å². The minimum atomic E-state index is -0.125. The van der Waals surface area contributed by atoms with E-state index >= 15 is 0 Å². The van der Waals surface area contributed by atoms with Crippen LogP contribution in [-0.4, -0.2) is 55.4 Å². The molecule has 0 spiro atoms. The second-order valence-corrected chi connectivity index (χ2v) is 34.4. The fraction of sp³-hybridized carbons (Fsp3) is 0.0508. The molecular formula is C118H88BIr2N12O2S+. The van der Waals surface area contributed by atoms with Gasteiger partial charge in [-0.25, -0.2) is 13.7 Å². The number of aromatic nitrogens is 11. The second kappa shape index (κ2) is 39.2. The molecule has 0 saturated carbocycles. The molecule has 0 saturated heterocycles. The van der Waals surface area contributed by atoms with Crippen molar-refractivity contribution in [2.45, 2.75) is 40.2 Å². The van der Waals surface area contributed by atoms with Gasteiger partial charge in [0.1, 0.15) is 30.8 Å². The molecule has 658 valence electrons. The van der Waals surface area contributed by atoms with E-state index in [9.17, 15) is 4.79 Å². The molecule has 24 aromatic rings. The second-order valence-electron chi connectivity index (χ2n) is 33.4. The van der Waals surface area contributed by atoms with Crippen molar-refractivity contribution >= 4 is 138 Å². The number of nitrogens with zero attached hydrogens (tertiary/aromatic N) is 12. The van der Waals surface area contributed by atoms with E-state index in [-0.39, 0.29) is 51.8 Å².